The van der Waals surface area contributed by atoms with E-state index in [9.17, 15) is 9.59 Å². The van der Waals surface area contributed by atoms with E-state index < -0.39 is 0 Å². The molecule has 0 saturated carbocycles. The molecule has 0 radical (unpaired) electrons. The van der Waals surface area contributed by atoms with Gasteiger partial charge in [-0.15, -0.1) is 0 Å². The van der Waals surface area contributed by atoms with Gasteiger partial charge in [-0.05, 0) is 19.3 Å². The van der Waals surface area contributed by atoms with Crippen LogP contribution in [-0.4, -0.2) is 47.8 Å². The number of hydrogen-bond donors (Lipinski definition) is 0. The van der Waals surface area contributed by atoms with Crippen molar-refractivity contribution >= 4 is 11.8 Å². The predicted octanol–water partition coefficient (Wildman–Crippen LogP) is 0.477. The third-order valence-corrected chi connectivity index (χ3v) is 3.34. The molecule has 2 saturated heterocycles. The number of rotatable bonds is 1. The smallest absolute Gasteiger partial charge is 0.229 e. The van der Waals surface area contributed by atoms with E-state index >= 15 is 0 Å². The van der Waals surface area contributed by atoms with E-state index in [1.165, 1.54) is 6.42 Å². The number of hydrogen-bond acceptors (Lipinski definition) is 2. The number of amides is 2. The molecule has 0 aliphatic carbocycles. The van der Waals surface area contributed by atoms with Crippen LogP contribution in [-0.2, 0) is 9.59 Å². The van der Waals surface area contributed by atoms with Gasteiger partial charge < -0.3 is 9.80 Å². The fourth-order valence-electron chi connectivity index (χ4n) is 2.26. The van der Waals surface area contributed by atoms with Crippen molar-refractivity contribution in [3.05, 3.63) is 0 Å². The maximum atomic E-state index is 11.9. The van der Waals surface area contributed by atoms with Crippen LogP contribution in [0.4, 0.5) is 0 Å². The molecule has 0 aromatic rings. The van der Waals surface area contributed by atoms with E-state index in [0.29, 0.717) is 13.1 Å². The van der Waals surface area contributed by atoms with Gasteiger partial charge in [-0.3, -0.25) is 9.59 Å². The highest BCUT2D eigenvalue weighted by atomic mass is 16.2. The Morgan fingerprint density at radius 1 is 1.00 bits per heavy atom. The van der Waals surface area contributed by atoms with Crippen molar-refractivity contribution in [1.82, 2.24) is 9.80 Å². The van der Waals surface area contributed by atoms with Gasteiger partial charge in [0.1, 0.15) is 0 Å². The number of likely N-dealkylation sites (tertiary alicyclic amines) is 2. The molecule has 2 rings (SSSR count). The van der Waals surface area contributed by atoms with Gasteiger partial charge in [-0.1, -0.05) is 0 Å². The number of piperidine rings is 1. The minimum atomic E-state index is 0.0759. The molecule has 0 aromatic heterocycles. The minimum absolute atomic E-state index is 0.0759. The van der Waals surface area contributed by atoms with Gasteiger partial charge in [0, 0.05) is 33.1 Å². The summed E-state index contributed by atoms with van der Waals surface area (Å²) in [5, 5.41) is 0. The standard InChI is InChI=1S/C11H18N2O2/c1-9(14)13-7-10(8-13)11(15)12-5-3-2-4-6-12/h10H,2-8H2,1H3. The van der Waals surface area contributed by atoms with Crippen molar-refractivity contribution in [2.24, 2.45) is 5.92 Å². The van der Waals surface area contributed by atoms with Gasteiger partial charge in [0.05, 0.1) is 5.92 Å². The summed E-state index contributed by atoms with van der Waals surface area (Å²) in [6.07, 6.45) is 3.51. The largest absolute Gasteiger partial charge is 0.342 e. The Morgan fingerprint density at radius 2 is 1.60 bits per heavy atom. The highest BCUT2D eigenvalue weighted by molar-refractivity contribution is 5.83. The molecule has 84 valence electrons. The van der Waals surface area contributed by atoms with Gasteiger partial charge in [-0.25, -0.2) is 0 Å². The van der Waals surface area contributed by atoms with Crippen molar-refractivity contribution < 1.29 is 9.59 Å². The normalized spacial score (nSPS) is 22.5. The minimum Gasteiger partial charge on any atom is -0.342 e. The van der Waals surface area contributed by atoms with Crippen LogP contribution in [0.3, 0.4) is 0 Å². The lowest BCUT2D eigenvalue weighted by molar-refractivity contribution is -0.147. The van der Waals surface area contributed by atoms with Gasteiger partial charge in [0.25, 0.3) is 0 Å². The number of carbonyl (C=O) groups is 2. The van der Waals surface area contributed by atoms with Crippen molar-refractivity contribution in [3.63, 3.8) is 0 Å². The fourth-order valence-corrected chi connectivity index (χ4v) is 2.26. The first kappa shape index (κ1) is 10.5. The molecule has 2 aliphatic rings. The molecule has 2 heterocycles. The molecule has 0 bridgehead atoms. The van der Waals surface area contributed by atoms with Gasteiger partial charge >= 0.3 is 0 Å². The fraction of sp³-hybridized carbons (Fsp3) is 0.818. The summed E-state index contributed by atoms with van der Waals surface area (Å²) in [4.78, 5) is 26.6. The van der Waals surface area contributed by atoms with Crippen LogP contribution in [0.25, 0.3) is 0 Å². The number of nitrogens with zero attached hydrogens (tertiary/aromatic N) is 2. The molecule has 0 spiro atoms. The van der Waals surface area contributed by atoms with Crippen LogP contribution < -0.4 is 0 Å². The van der Waals surface area contributed by atoms with Crippen LogP contribution in [0.15, 0.2) is 0 Å². The van der Waals surface area contributed by atoms with Crippen molar-refractivity contribution in [3.8, 4) is 0 Å². The van der Waals surface area contributed by atoms with Crippen molar-refractivity contribution in [1.29, 1.82) is 0 Å². The molecule has 0 atom stereocenters. The maximum Gasteiger partial charge on any atom is 0.229 e. The van der Waals surface area contributed by atoms with Crippen LogP contribution in [0.2, 0.25) is 0 Å². The quantitative estimate of drug-likeness (QED) is 0.631. The van der Waals surface area contributed by atoms with Crippen molar-refractivity contribution in [2.75, 3.05) is 26.2 Å². The molecular formula is C11H18N2O2. The van der Waals surface area contributed by atoms with E-state index in [2.05, 4.69) is 0 Å². The maximum absolute atomic E-state index is 11.9. The lowest BCUT2D eigenvalue weighted by atomic mass is 9.97. The lowest BCUT2D eigenvalue weighted by Gasteiger charge is -2.40. The average molecular weight is 210 g/mol. The topological polar surface area (TPSA) is 40.6 Å². The van der Waals surface area contributed by atoms with E-state index in [1.54, 1.807) is 11.8 Å². The van der Waals surface area contributed by atoms with E-state index in [1.807, 2.05) is 4.90 Å². The molecule has 15 heavy (non-hydrogen) atoms. The Labute approximate surface area is 90.2 Å². The number of carbonyl (C=O) groups excluding carboxylic acids is 2. The Hall–Kier alpha value is -1.06. The molecular weight excluding hydrogens is 192 g/mol. The first-order chi connectivity index (χ1) is 7.18. The van der Waals surface area contributed by atoms with Gasteiger partial charge in [-0.2, -0.15) is 0 Å². The third kappa shape index (κ3) is 2.13. The van der Waals surface area contributed by atoms with Gasteiger partial charge in [0.15, 0.2) is 0 Å². The zero-order chi connectivity index (χ0) is 10.8. The third-order valence-electron chi connectivity index (χ3n) is 3.34. The van der Waals surface area contributed by atoms with Crippen LogP contribution in [0.5, 0.6) is 0 Å². The van der Waals surface area contributed by atoms with E-state index in [0.717, 1.165) is 25.9 Å². The molecule has 4 nitrogen and oxygen atoms in total. The molecule has 2 amide bonds. The highest BCUT2D eigenvalue weighted by Crippen LogP contribution is 2.20. The summed E-state index contributed by atoms with van der Waals surface area (Å²) < 4.78 is 0. The molecule has 2 fully saturated rings. The molecule has 2 aliphatic heterocycles. The molecule has 0 unspecified atom stereocenters. The second-order valence-electron chi connectivity index (χ2n) is 4.51. The summed E-state index contributed by atoms with van der Waals surface area (Å²) in [6, 6.07) is 0. The summed E-state index contributed by atoms with van der Waals surface area (Å²) in [6.45, 7) is 4.64. The first-order valence-corrected chi connectivity index (χ1v) is 5.73. The zero-order valence-electron chi connectivity index (χ0n) is 9.24. The first-order valence-electron chi connectivity index (χ1n) is 5.73. The molecule has 0 N–H and O–H groups in total. The highest BCUT2D eigenvalue weighted by Gasteiger charge is 2.36. The van der Waals surface area contributed by atoms with E-state index in [-0.39, 0.29) is 17.7 Å². The van der Waals surface area contributed by atoms with Crippen LogP contribution in [0, 0.1) is 5.92 Å². The lowest BCUT2D eigenvalue weighted by Crippen LogP contribution is -2.56. The average Bonchev–Trinajstić information content (AvgIpc) is 2.16. The van der Waals surface area contributed by atoms with Crippen LogP contribution in [0.1, 0.15) is 26.2 Å². The Kier molecular flexibility index (Phi) is 2.93. The summed E-state index contributed by atoms with van der Waals surface area (Å²) >= 11 is 0. The Bertz CT molecular complexity index is 266. The molecule has 4 heteroatoms. The Balaban J connectivity index is 1.80. The van der Waals surface area contributed by atoms with Crippen LogP contribution >= 0.6 is 0 Å². The van der Waals surface area contributed by atoms with Crippen molar-refractivity contribution in [2.45, 2.75) is 26.2 Å². The zero-order valence-corrected chi connectivity index (χ0v) is 9.24. The summed E-state index contributed by atoms with van der Waals surface area (Å²) in [5.41, 5.74) is 0. The second-order valence-corrected chi connectivity index (χ2v) is 4.51. The summed E-state index contributed by atoms with van der Waals surface area (Å²) in [5.74, 6) is 0.414. The SMILES string of the molecule is CC(=O)N1CC(C(=O)N2CCCCC2)C1. The predicted molar refractivity (Wildman–Crippen MR) is 56.2 cm³/mol. The monoisotopic (exact) mass is 210 g/mol. The molecule has 0 aromatic carbocycles. The second kappa shape index (κ2) is 4.21. The van der Waals surface area contributed by atoms with Gasteiger partial charge in [0.2, 0.25) is 11.8 Å². The summed E-state index contributed by atoms with van der Waals surface area (Å²) in [7, 11) is 0. The van der Waals surface area contributed by atoms with E-state index in [4.69, 9.17) is 0 Å². The Morgan fingerprint density at radius 3 is 2.13 bits per heavy atom.